The van der Waals surface area contributed by atoms with Crippen molar-refractivity contribution in [1.82, 2.24) is 5.32 Å². The average molecular weight is 241 g/mol. The zero-order valence-corrected chi connectivity index (χ0v) is 9.09. The van der Waals surface area contributed by atoms with Gasteiger partial charge in [-0.1, -0.05) is 19.3 Å². The lowest BCUT2D eigenvalue weighted by molar-refractivity contribution is -0.323. The molecule has 1 rings (SSSR count). The maximum Gasteiger partial charge on any atom is 0.522 e. The van der Waals surface area contributed by atoms with Crippen LogP contribution in [0, 0.1) is 0 Å². The third-order valence-electron chi connectivity index (χ3n) is 2.75. The van der Waals surface area contributed by atoms with Crippen LogP contribution in [0.5, 0.6) is 0 Å². The highest BCUT2D eigenvalue weighted by molar-refractivity contribution is 4.78. The molecule has 0 aliphatic heterocycles. The van der Waals surface area contributed by atoms with E-state index in [1.54, 1.807) is 0 Å². The molecule has 2 atom stereocenters. The van der Waals surface area contributed by atoms with Crippen LogP contribution in [0.25, 0.3) is 0 Å². The Morgan fingerprint density at radius 2 is 1.88 bits per heavy atom. The molecule has 16 heavy (non-hydrogen) atoms. The van der Waals surface area contributed by atoms with E-state index in [4.69, 9.17) is 0 Å². The van der Waals surface area contributed by atoms with Crippen molar-refractivity contribution in [1.29, 1.82) is 0 Å². The largest absolute Gasteiger partial charge is 0.522 e. The van der Waals surface area contributed by atoms with Crippen molar-refractivity contribution in [3.05, 3.63) is 0 Å². The molecule has 0 spiro atoms. The minimum Gasteiger partial charge on any atom is -0.392 e. The van der Waals surface area contributed by atoms with E-state index >= 15 is 0 Å². The molecule has 6 heteroatoms. The van der Waals surface area contributed by atoms with Crippen LogP contribution in [-0.4, -0.2) is 36.8 Å². The van der Waals surface area contributed by atoms with Crippen LogP contribution in [0.1, 0.15) is 32.1 Å². The van der Waals surface area contributed by atoms with E-state index < -0.39 is 19.1 Å². The molecule has 0 aromatic carbocycles. The molecular formula is C10H18F3NO2. The van der Waals surface area contributed by atoms with E-state index in [2.05, 4.69) is 10.1 Å². The molecule has 3 nitrogen and oxygen atoms in total. The Morgan fingerprint density at radius 1 is 1.19 bits per heavy atom. The summed E-state index contributed by atoms with van der Waals surface area (Å²) in [6.45, 7) is -0.298. The smallest absolute Gasteiger partial charge is 0.392 e. The second kappa shape index (κ2) is 6.42. The van der Waals surface area contributed by atoms with Crippen LogP contribution in [0.15, 0.2) is 0 Å². The van der Waals surface area contributed by atoms with Gasteiger partial charge in [-0.3, -0.25) is 4.74 Å². The van der Waals surface area contributed by atoms with Gasteiger partial charge in [0.25, 0.3) is 0 Å². The highest BCUT2D eigenvalue weighted by Crippen LogP contribution is 2.18. The van der Waals surface area contributed by atoms with Gasteiger partial charge in [-0.15, -0.1) is 13.2 Å². The molecule has 0 saturated heterocycles. The topological polar surface area (TPSA) is 41.5 Å². The van der Waals surface area contributed by atoms with Gasteiger partial charge in [0, 0.05) is 12.6 Å². The molecule has 2 N–H and O–H groups in total. The maximum atomic E-state index is 11.7. The van der Waals surface area contributed by atoms with Crippen LogP contribution in [0.3, 0.4) is 0 Å². The van der Waals surface area contributed by atoms with Crippen molar-refractivity contribution in [3.8, 4) is 0 Å². The molecule has 1 aliphatic carbocycles. The number of aliphatic hydroxyl groups is 1. The summed E-state index contributed by atoms with van der Waals surface area (Å²) in [6.07, 6.45) is -0.413. The number of ether oxygens (including phenoxy) is 1. The summed E-state index contributed by atoms with van der Waals surface area (Å²) in [5.41, 5.74) is 0. The van der Waals surface area contributed by atoms with Crippen molar-refractivity contribution in [3.63, 3.8) is 0 Å². The second-order valence-corrected chi connectivity index (χ2v) is 4.06. The minimum atomic E-state index is -4.57. The highest BCUT2D eigenvalue weighted by atomic mass is 19.4. The first kappa shape index (κ1) is 13.7. The van der Waals surface area contributed by atoms with Gasteiger partial charge >= 0.3 is 6.36 Å². The quantitative estimate of drug-likeness (QED) is 0.582. The van der Waals surface area contributed by atoms with Crippen molar-refractivity contribution < 1.29 is 23.0 Å². The molecule has 2 unspecified atom stereocenters. The molecule has 96 valence electrons. The van der Waals surface area contributed by atoms with Gasteiger partial charge in [-0.2, -0.15) is 0 Å². The molecule has 0 radical (unpaired) electrons. The number of nitrogens with one attached hydrogen (secondary N) is 1. The highest BCUT2D eigenvalue weighted by Gasteiger charge is 2.29. The Bertz CT molecular complexity index is 199. The molecule has 0 aromatic heterocycles. The third kappa shape index (κ3) is 5.67. The number of hydrogen-bond donors (Lipinski definition) is 2. The fourth-order valence-corrected chi connectivity index (χ4v) is 1.94. The van der Waals surface area contributed by atoms with E-state index in [1.807, 2.05) is 0 Å². The van der Waals surface area contributed by atoms with Crippen LogP contribution in [0.4, 0.5) is 13.2 Å². The predicted molar refractivity (Wildman–Crippen MR) is 52.9 cm³/mol. The summed E-state index contributed by atoms with van der Waals surface area (Å²) in [5.74, 6) is 0. The summed E-state index contributed by atoms with van der Waals surface area (Å²) in [7, 11) is 0. The Kier molecular flexibility index (Phi) is 5.51. The van der Waals surface area contributed by atoms with Gasteiger partial charge < -0.3 is 10.4 Å². The second-order valence-electron chi connectivity index (χ2n) is 4.06. The van der Waals surface area contributed by atoms with Crippen LogP contribution in [0.2, 0.25) is 0 Å². The first-order valence-corrected chi connectivity index (χ1v) is 5.61. The van der Waals surface area contributed by atoms with E-state index in [1.165, 1.54) is 0 Å². The first-order chi connectivity index (χ1) is 7.49. The summed E-state index contributed by atoms with van der Waals surface area (Å²) in [4.78, 5) is 0. The monoisotopic (exact) mass is 241 g/mol. The molecule has 0 aromatic rings. The number of rotatable bonds is 4. The van der Waals surface area contributed by atoms with Crippen molar-refractivity contribution >= 4 is 0 Å². The molecule has 1 aliphatic rings. The Hall–Kier alpha value is -0.330. The lowest BCUT2D eigenvalue weighted by Gasteiger charge is -2.21. The van der Waals surface area contributed by atoms with Crippen molar-refractivity contribution in [2.75, 3.05) is 13.2 Å². The first-order valence-electron chi connectivity index (χ1n) is 5.61. The van der Waals surface area contributed by atoms with Crippen LogP contribution < -0.4 is 5.32 Å². The summed E-state index contributed by atoms with van der Waals surface area (Å²) < 4.78 is 38.6. The molecule has 0 bridgehead atoms. The van der Waals surface area contributed by atoms with E-state index in [0.717, 1.165) is 32.1 Å². The van der Waals surface area contributed by atoms with Gasteiger partial charge in [-0.05, 0) is 12.8 Å². The van der Waals surface area contributed by atoms with Crippen molar-refractivity contribution in [2.45, 2.75) is 50.6 Å². The van der Waals surface area contributed by atoms with Crippen LogP contribution >= 0.6 is 0 Å². The number of halogens is 3. The lowest BCUT2D eigenvalue weighted by Crippen LogP contribution is -2.41. The number of hydrogen-bond acceptors (Lipinski definition) is 3. The normalized spacial score (nSPS) is 27.8. The zero-order chi connectivity index (χ0) is 12.0. The minimum absolute atomic E-state index is 0.0978. The maximum absolute atomic E-state index is 11.7. The van der Waals surface area contributed by atoms with E-state index in [9.17, 15) is 18.3 Å². The summed E-state index contributed by atoms with van der Waals surface area (Å²) in [5, 5.41) is 12.6. The van der Waals surface area contributed by atoms with Gasteiger partial charge in [0.15, 0.2) is 0 Å². The average Bonchev–Trinajstić information content (AvgIpc) is 2.37. The Labute approximate surface area is 93.0 Å². The molecule has 0 amide bonds. The Morgan fingerprint density at radius 3 is 2.56 bits per heavy atom. The predicted octanol–water partition coefficient (Wildman–Crippen LogP) is 1.81. The molecule has 1 fully saturated rings. The zero-order valence-electron chi connectivity index (χ0n) is 9.09. The molecular weight excluding hydrogens is 223 g/mol. The van der Waals surface area contributed by atoms with E-state index in [-0.39, 0.29) is 12.6 Å². The van der Waals surface area contributed by atoms with Gasteiger partial charge in [0.1, 0.15) is 0 Å². The fraction of sp³-hybridized carbons (Fsp3) is 1.00. The van der Waals surface area contributed by atoms with Crippen molar-refractivity contribution in [2.24, 2.45) is 0 Å². The standard InChI is InChI=1S/C10H18F3NO2/c11-10(12,13)16-7-6-14-8-4-2-1-3-5-9(8)15/h8-9,14-15H,1-7H2. The Balaban J connectivity index is 2.15. The van der Waals surface area contributed by atoms with E-state index in [0.29, 0.717) is 0 Å². The van der Waals surface area contributed by atoms with Gasteiger partial charge in [0.05, 0.1) is 12.7 Å². The fourth-order valence-electron chi connectivity index (χ4n) is 1.94. The van der Waals surface area contributed by atoms with Crippen LogP contribution in [-0.2, 0) is 4.74 Å². The lowest BCUT2D eigenvalue weighted by atomic mass is 10.1. The molecule has 1 saturated carbocycles. The summed E-state index contributed by atoms with van der Waals surface area (Å²) in [6, 6.07) is -0.0978. The number of aliphatic hydroxyl groups excluding tert-OH is 1. The van der Waals surface area contributed by atoms with Gasteiger partial charge in [-0.25, -0.2) is 0 Å². The third-order valence-corrected chi connectivity index (χ3v) is 2.75. The number of alkyl halides is 3. The van der Waals surface area contributed by atoms with Gasteiger partial charge in [0.2, 0.25) is 0 Å². The molecule has 0 heterocycles. The summed E-state index contributed by atoms with van der Waals surface area (Å²) >= 11 is 0. The SMILES string of the molecule is OC1CCCCCC1NCCOC(F)(F)F.